The van der Waals surface area contributed by atoms with E-state index in [4.69, 9.17) is 18.1 Å². The highest BCUT2D eigenvalue weighted by atomic mass is 32.3. The van der Waals surface area contributed by atoms with Crippen LogP contribution in [0.5, 0.6) is 28.7 Å². The van der Waals surface area contributed by atoms with Crippen molar-refractivity contribution in [3.63, 3.8) is 0 Å². The zero-order valence-corrected chi connectivity index (χ0v) is 18.3. The van der Waals surface area contributed by atoms with Gasteiger partial charge in [-0.05, 0) is 18.2 Å². The zero-order chi connectivity index (χ0) is 25.6. The van der Waals surface area contributed by atoms with Gasteiger partial charge in [0.25, 0.3) is 0 Å². The lowest BCUT2D eigenvalue weighted by atomic mass is 10.1. The van der Waals surface area contributed by atoms with E-state index in [1.807, 2.05) is 0 Å². The molecule has 0 saturated heterocycles. The first-order chi connectivity index (χ1) is 15.4. The van der Waals surface area contributed by atoms with Crippen molar-refractivity contribution in [1.29, 1.82) is 0 Å². The van der Waals surface area contributed by atoms with Crippen molar-refractivity contribution in [2.75, 3.05) is 0 Å². The molecule has 34 heavy (non-hydrogen) atoms. The lowest BCUT2D eigenvalue weighted by Gasteiger charge is -2.12. The van der Waals surface area contributed by atoms with Gasteiger partial charge in [0.15, 0.2) is 23.0 Å². The third kappa shape index (κ3) is 5.84. The fourth-order valence-electron chi connectivity index (χ4n) is 2.64. The molecule has 0 saturated carbocycles. The van der Waals surface area contributed by atoms with E-state index in [0.29, 0.717) is 18.2 Å². The molecular formula is C15H10O16S3. The molecule has 0 unspecified atom stereocenters. The number of rotatable bonds is 7. The normalized spacial score (nSPS) is 12.4. The van der Waals surface area contributed by atoms with Gasteiger partial charge in [0.2, 0.25) is 11.2 Å². The largest absolute Gasteiger partial charge is 0.507 e. The Labute approximate surface area is 189 Å². The quantitative estimate of drug-likeness (QED) is 0.253. The number of phenolic OH excluding ortho intramolecular Hbond substituents is 2. The van der Waals surface area contributed by atoms with Crippen LogP contribution in [0, 0.1) is 0 Å². The van der Waals surface area contributed by atoms with Gasteiger partial charge in [-0.2, -0.15) is 25.3 Å². The Balaban J connectivity index is 2.33. The summed E-state index contributed by atoms with van der Waals surface area (Å²) in [6, 6.07) is 3.55. The van der Waals surface area contributed by atoms with Gasteiger partial charge in [-0.1, -0.05) is 0 Å². The van der Waals surface area contributed by atoms with E-state index < -0.39 is 87.7 Å². The molecule has 3 rings (SSSR count). The minimum atomic E-state index is -5.36. The van der Waals surface area contributed by atoms with Gasteiger partial charge >= 0.3 is 31.2 Å². The Bertz CT molecular complexity index is 1680. The summed E-state index contributed by atoms with van der Waals surface area (Å²) < 4.78 is 110. The van der Waals surface area contributed by atoms with E-state index in [0.717, 1.165) is 12.1 Å². The monoisotopic (exact) mass is 542 g/mol. The molecule has 5 N–H and O–H groups in total. The van der Waals surface area contributed by atoms with Crippen LogP contribution in [0.15, 0.2) is 39.5 Å². The van der Waals surface area contributed by atoms with Crippen LogP contribution < -0.4 is 18.0 Å². The third-order valence-electron chi connectivity index (χ3n) is 3.71. The third-order valence-corrected chi connectivity index (χ3v) is 4.88. The van der Waals surface area contributed by atoms with E-state index >= 15 is 0 Å². The molecule has 0 fully saturated rings. The Morgan fingerprint density at radius 1 is 0.735 bits per heavy atom. The highest BCUT2D eigenvalue weighted by molar-refractivity contribution is 7.81. The van der Waals surface area contributed by atoms with Crippen LogP contribution in [0.4, 0.5) is 0 Å². The summed E-state index contributed by atoms with van der Waals surface area (Å²) in [4.78, 5) is 12.8. The highest BCUT2D eigenvalue weighted by Gasteiger charge is 2.26. The lowest BCUT2D eigenvalue weighted by Crippen LogP contribution is -2.16. The number of fused-ring (bicyclic) bond motifs is 1. The molecule has 184 valence electrons. The van der Waals surface area contributed by atoms with Gasteiger partial charge in [-0.3, -0.25) is 18.5 Å². The summed E-state index contributed by atoms with van der Waals surface area (Å²) >= 11 is 0. The van der Waals surface area contributed by atoms with Crippen LogP contribution in [-0.2, 0) is 31.2 Å². The SMILES string of the molecule is O=c1c(OS(=O)(=O)O)c(-c2ccc(OS(=O)(=O)O)c(O)c2)oc2cc(OS(=O)(=O)O)cc(O)c12. The molecule has 1 heterocycles. The molecule has 1 aromatic heterocycles. The highest BCUT2D eigenvalue weighted by Crippen LogP contribution is 2.39. The fourth-order valence-corrected chi connectivity index (χ4v) is 3.71. The van der Waals surface area contributed by atoms with Crippen LogP contribution in [0.25, 0.3) is 22.3 Å². The van der Waals surface area contributed by atoms with Crippen molar-refractivity contribution in [3.8, 4) is 40.1 Å². The predicted molar refractivity (Wildman–Crippen MR) is 108 cm³/mol. The van der Waals surface area contributed by atoms with E-state index in [1.165, 1.54) is 0 Å². The van der Waals surface area contributed by atoms with E-state index in [-0.39, 0.29) is 0 Å². The van der Waals surface area contributed by atoms with Gasteiger partial charge in [0.1, 0.15) is 16.7 Å². The Morgan fingerprint density at radius 3 is 1.85 bits per heavy atom. The number of hydrogen-bond acceptors (Lipinski definition) is 13. The van der Waals surface area contributed by atoms with E-state index in [2.05, 4.69) is 12.5 Å². The topological polar surface area (TPSA) is 261 Å². The maximum absolute atomic E-state index is 12.8. The van der Waals surface area contributed by atoms with Crippen molar-refractivity contribution >= 4 is 42.2 Å². The van der Waals surface area contributed by atoms with Crippen molar-refractivity contribution in [1.82, 2.24) is 0 Å². The second kappa shape index (κ2) is 8.30. The number of phenols is 2. The average molecular weight is 542 g/mol. The summed E-state index contributed by atoms with van der Waals surface area (Å²) in [5, 5.41) is 19.3. The molecule has 3 aromatic rings. The van der Waals surface area contributed by atoms with Crippen molar-refractivity contribution in [2.24, 2.45) is 0 Å². The van der Waals surface area contributed by atoms with E-state index in [1.54, 1.807) is 0 Å². The average Bonchev–Trinajstić information content (AvgIpc) is 2.61. The van der Waals surface area contributed by atoms with Crippen molar-refractivity contribution < 1.29 is 66.1 Å². The van der Waals surface area contributed by atoms with Crippen molar-refractivity contribution in [3.05, 3.63) is 40.6 Å². The molecule has 0 aliphatic rings. The van der Waals surface area contributed by atoms with Gasteiger partial charge in [-0.15, -0.1) is 0 Å². The minimum absolute atomic E-state index is 0.404. The minimum Gasteiger partial charge on any atom is -0.507 e. The van der Waals surface area contributed by atoms with Crippen LogP contribution in [-0.4, -0.2) is 49.1 Å². The number of hydrogen-bond donors (Lipinski definition) is 5. The summed E-state index contributed by atoms with van der Waals surface area (Å²) in [6.45, 7) is 0. The first-order valence-corrected chi connectivity index (χ1v) is 12.2. The zero-order valence-electron chi connectivity index (χ0n) is 15.8. The number of benzene rings is 2. The summed E-state index contributed by atoms with van der Waals surface area (Å²) in [5.41, 5.74) is -2.47. The van der Waals surface area contributed by atoms with Crippen LogP contribution in [0.1, 0.15) is 0 Å². The van der Waals surface area contributed by atoms with Crippen LogP contribution >= 0.6 is 0 Å². The summed E-state index contributed by atoms with van der Waals surface area (Å²) in [7, 11) is -15.5. The standard InChI is InChI=1S/C15H10O16S3/c16-8-3-6(1-2-10(8)30-33(22,23)24)14-15(31-34(25,26)27)13(18)12-9(17)4-7(5-11(12)28-14)29-32(19,20)21/h1-5,16-17H,(H,19,20,21)(H,22,23,24)(H,25,26,27). The number of aromatic hydroxyl groups is 2. The Hall–Kier alpha value is -3.62. The van der Waals surface area contributed by atoms with Gasteiger partial charge in [0, 0.05) is 17.7 Å². The maximum Gasteiger partial charge on any atom is 0.446 e. The maximum atomic E-state index is 12.8. The molecular weight excluding hydrogens is 532 g/mol. The molecule has 0 atom stereocenters. The molecule has 19 heteroatoms. The lowest BCUT2D eigenvalue weighted by molar-refractivity contribution is 0.370. The second-order valence-corrected chi connectivity index (χ2v) is 9.19. The Morgan fingerprint density at radius 2 is 1.32 bits per heavy atom. The van der Waals surface area contributed by atoms with Crippen LogP contribution in [0.3, 0.4) is 0 Å². The summed E-state index contributed by atoms with van der Waals surface area (Å²) in [5.74, 6) is -5.61. The summed E-state index contributed by atoms with van der Waals surface area (Å²) in [6.07, 6.45) is 0. The van der Waals surface area contributed by atoms with Gasteiger partial charge in [-0.25, -0.2) is 0 Å². The molecule has 0 bridgehead atoms. The molecule has 0 spiro atoms. The molecule has 0 aliphatic heterocycles. The fraction of sp³-hybridized carbons (Fsp3) is 0. The smallest absolute Gasteiger partial charge is 0.446 e. The molecule has 2 aromatic carbocycles. The second-order valence-electron chi connectivity index (χ2n) is 6.12. The molecule has 0 radical (unpaired) electrons. The van der Waals surface area contributed by atoms with Crippen LogP contribution in [0.2, 0.25) is 0 Å². The molecule has 0 amide bonds. The first-order valence-electron chi connectivity index (χ1n) is 8.11. The molecule has 16 nitrogen and oxygen atoms in total. The van der Waals surface area contributed by atoms with Gasteiger partial charge < -0.3 is 27.2 Å². The molecule has 0 aliphatic carbocycles. The van der Waals surface area contributed by atoms with E-state index in [9.17, 15) is 40.3 Å². The Kier molecular flexibility index (Phi) is 6.11. The van der Waals surface area contributed by atoms with Gasteiger partial charge in [0.05, 0.1) is 0 Å². The first kappa shape index (κ1) is 25.0. The van der Waals surface area contributed by atoms with Crippen molar-refractivity contribution in [2.45, 2.75) is 0 Å². The predicted octanol–water partition coefficient (Wildman–Crippen LogP) is 0.416.